The Morgan fingerprint density at radius 1 is 1.69 bits per heavy atom. The molecule has 3 N–H and O–H groups in total. The molecule has 1 amide bonds. The number of halogens is 1. The fraction of sp³-hybridized carbons (Fsp3) is 0.300. The summed E-state index contributed by atoms with van der Waals surface area (Å²) in [6.45, 7) is 2.08. The molecule has 6 heteroatoms. The topological polar surface area (TPSA) is 80.9 Å². The van der Waals surface area contributed by atoms with Crippen molar-refractivity contribution < 1.29 is 4.79 Å². The maximum atomic E-state index is 10.6. The molecule has 0 fully saturated rings. The van der Waals surface area contributed by atoms with Crippen LogP contribution >= 0.6 is 11.6 Å². The molecule has 0 aromatic carbocycles. The van der Waals surface area contributed by atoms with Crippen LogP contribution in [0.2, 0.25) is 5.15 Å². The van der Waals surface area contributed by atoms with Crippen molar-refractivity contribution in [3.63, 3.8) is 0 Å². The van der Waals surface area contributed by atoms with Crippen LogP contribution in [-0.2, 0) is 4.79 Å². The van der Waals surface area contributed by atoms with Gasteiger partial charge in [0.25, 0.3) is 0 Å². The van der Waals surface area contributed by atoms with Gasteiger partial charge in [-0.1, -0.05) is 23.8 Å². The average Bonchev–Trinajstić information content (AvgIpc) is 2.20. The van der Waals surface area contributed by atoms with Gasteiger partial charge in [-0.2, -0.15) is 0 Å². The van der Waals surface area contributed by atoms with E-state index < -0.39 is 0 Å². The Labute approximate surface area is 98.7 Å². The smallest absolute Gasteiger partial charge is 0.221 e. The summed E-state index contributed by atoms with van der Waals surface area (Å²) in [5.41, 5.74) is 6.07. The Morgan fingerprint density at radius 2 is 2.44 bits per heavy atom. The zero-order valence-electron chi connectivity index (χ0n) is 8.90. The van der Waals surface area contributed by atoms with Gasteiger partial charge >= 0.3 is 0 Å². The van der Waals surface area contributed by atoms with Crippen LogP contribution in [0.3, 0.4) is 0 Å². The van der Waals surface area contributed by atoms with E-state index in [1.165, 1.54) is 6.92 Å². The van der Waals surface area contributed by atoms with E-state index in [0.717, 1.165) is 6.42 Å². The van der Waals surface area contributed by atoms with Crippen LogP contribution in [0.25, 0.3) is 6.08 Å². The van der Waals surface area contributed by atoms with E-state index >= 15 is 0 Å². The molecule has 0 radical (unpaired) electrons. The lowest BCUT2D eigenvalue weighted by molar-refractivity contribution is -0.118. The Balaban J connectivity index is 2.47. The quantitative estimate of drug-likeness (QED) is 0.613. The van der Waals surface area contributed by atoms with E-state index in [4.69, 9.17) is 17.3 Å². The standard InChI is InChI=1S/C10H13ClN4O/c1-7(16)13-5-3-2-4-8-6-14-10(12)15-9(8)11/h2,4,6H,3,5H2,1H3,(H,13,16)(H2,12,14,15). The largest absolute Gasteiger partial charge is 0.368 e. The van der Waals surface area contributed by atoms with Gasteiger partial charge in [0.1, 0.15) is 5.15 Å². The molecule has 0 bridgehead atoms. The number of rotatable bonds is 4. The molecule has 1 aromatic rings. The molecular formula is C10H13ClN4O. The highest BCUT2D eigenvalue weighted by Gasteiger charge is 1.98. The second-order valence-electron chi connectivity index (χ2n) is 3.15. The molecule has 1 heterocycles. The monoisotopic (exact) mass is 240 g/mol. The fourth-order valence-corrected chi connectivity index (χ4v) is 1.23. The summed E-state index contributed by atoms with van der Waals surface area (Å²) < 4.78 is 0. The first-order chi connectivity index (χ1) is 7.59. The molecule has 0 aliphatic heterocycles. The van der Waals surface area contributed by atoms with Gasteiger partial charge in [0.2, 0.25) is 11.9 Å². The summed E-state index contributed by atoms with van der Waals surface area (Å²) in [5, 5.41) is 3.00. The molecule has 1 aromatic heterocycles. The van der Waals surface area contributed by atoms with Gasteiger partial charge < -0.3 is 11.1 Å². The first-order valence-electron chi connectivity index (χ1n) is 4.78. The Hall–Kier alpha value is -1.62. The van der Waals surface area contributed by atoms with Crippen molar-refractivity contribution in [2.75, 3.05) is 12.3 Å². The molecule has 0 atom stereocenters. The Bertz CT molecular complexity index is 406. The zero-order chi connectivity index (χ0) is 12.0. The van der Waals surface area contributed by atoms with Crippen LogP contribution in [-0.4, -0.2) is 22.4 Å². The number of aromatic nitrogens is 2. The molecule has 0 saturated heterocycles. The SMILES string of the molecule is CC(=O)NCCC=Cc1cnc(N)nc1Cl. The van der Waals surface area contributed by atoms with E-state index in [9.17, 15) is 4.79 Å². The lowest BCUT2D eigenvalue weighted by Gasteiger charge is -1.99. The minimum atomic E-state index is -0.0396. The van der Waals surface area contributed by atoms with E-state index in [0.29, 0.717) is 17.3 Å². The van der Waals surface area contributed by atoms with Crippen molar-refractivity contribution in [2.24, 2.45) is 0 Å². The first kappa shape index (κ1) is 12.4. The fourth-order valence-electron chi connectivity index (χ4n) is 1.04. The second-order valence-corrected chi connectivity index (χ2v) is 3.51. The van der Waals surface area contributed by atoms with Crippen molar-refractivity contribution in [2.45, 2.75) is 13.3 Å². The number of nitrogens with two attached hydrogens (primary N) is 1. The molecule has 5 nitrogen and oxygen atoms in total. The zero-order valence-corrected chi connectivity index (χ0v) is 9.66. The number of amides is 1. The lowest BCUT2D eigenvalue weighted by Crippen LogP contribution is -2.20. The van der Waals surface area contributed by atoms with Gasteiger partial charge in [-0.15, -0.1) is 0 Å². The summed E-state index contributed by atoms with van der Waals surface area (Å²) in [5.74, 6) is 0.114. The number of hydrogen-bond acceptors (Lipinski definition) is 4. The maximum absolute atomic E-state index is 10.6. The van der Waals surface area contributed by atoms with Gasteiger partial charge in [0.15, 0.2) is 0 Å². The molecule has 16 heavy (non-hydrogen) atoms. The van der Waals surface area contributed by atoms with E-state index in [1.54, 1.807) is 12.3 Å². The predicted molar refractivity (Wildman–Crippen MR) is 63.8 cm³/mol. The van der Waals surface area contributed by atoms with Crippen LogP contribution in [0.1, 0.15) is 18.9 Å². The minimum Gasteiger partial charge on any atom is -0.368 e. The first-order valence-corrected chi connectivity index (χ1v) is 5.16. The summed E-state index contributed by atoms with van der Waals surface area (Å²) >= 11 is 5.84. The maximum Gasteiger partial charge on any atom is 0.221 e. The highest BCUT2D eigenvalue weighted by atomic mass is 35.5. The van der Waals surface area contributed by atoms with Gasteiger partial charge in [0, 0.05) is 25.2 Å². The minimum absolute atomic E-state index is 0.0396. The molecule has 0 aliphatic rings. The van der Waals surface area contributed by atoms with Crippen molar-refractivity contribution >= 4 is 29.5 Å². The van der Waals surface area contributed by atoms with Crippen molar-refractivity contribution in [1.29, 1.82) is 0 Å². The summed E-state index contributed by atoms with van der Waals surface area (Å²) in [7, 11) is 0. The van der Waals surface area contributed by atoms with Crippen LogP contribution in [0.4, 0.5) is 5.95 Å². The number of hydrogen-bond donors (Lipinski definition) is 2. The van der Waals surface area contributed by atoms with Gasteiger partial charge in [-0.3, -0.25) is 4.79 Å². The number of carbonyl (C=O) groups is 1. The van der Waals surface area contributed by atoms with Crippen LogP contribution in [0.5, 0.6) is 0 Å². The molecule has 0 unspecified atom stereocenters. The van der Waals surface area contributed by atoms with Crippen LogP contribution < -0.4 is 11.1 Å². The highest BCUT2D eigenvalue weighted by molar-refractivity contribution is 6.30. The average molecular weight is 241 g/mol. The third-order valence-electron chi connectivity index (χ3n) is 1.77. The van der Waals surface area contributed by atoms with E-state index in [1.807, 2.05) is 6.08 Å². The summed E-state index contributed by atoms with van der Waals surface area (Å²) in [6, 6.07) is 0. The Kier molecular flexibility index (Phi) is 4.72. The number of carbonyl (C=O) groups excluding carboxylic acids is 1. The molecular weight excluding hydrogens is 228 g/mol. The molecule has 1 rings (SSSR count). The predicted octanol–water partition coefficient (Wildman–Crippen LogP) is 1.25. The number of anilines is 1. The van der Waals surface area contributed by atoms with Gasteiger partial charge in [-0.25, -0.2) is 9.97 Å². The second kappa shape index (κ2) is 6.07. The molecule has 86 valence electrons. The molecule has 0 aliphatic carbocycles. The number of nitrogens with zero attached hydrogens (tertiary/aromatic N) is 2. The third-order valence-corrected chi connectivity index (χ3v) is 2.07. The number of nitrogens with one attached hydrogen (secondary N) is 1. The van der Waals surface area contributed by atoms with Crippen molar-refractivity contribution in [1.82, 2.24) is 15.3 Å². The van der Waals surface area contributed by atoms with Gasteiger partial charge in [-0.05, 0) is 6.42 Å². The van der Waals surface area contributed by atoms with Crippen LogP contribution in [0.15, 0.2) is 12.3 Å². The normalized spacial score (nSPS) is 10.6. The third kappa shape index (κ3) is 4.27. The lowest BCUT2D eigenvalue weighted by atomic mass is 10.3. The van der Waals surface area contributed by atoms with E-state index in [-0.39, 0.29) is 11.9 Å². The van der Waals surface area contributed by atoms with E-state index in [2.05, 4.69) is 15.3 Å². The van der Waals surface area contributed by atoms with Crippen molar-refractivity contribution in [3.8, 4) is 0 Å². The molecule has 0 saturated carbocycles. The summed E-state index contributed by atoms with van der Waals surface area (Å²) in [4.78, 5) is 18.2. The summed E-state index contributed by atoms with van der Waals surface area (Å²) in [6.07, 6.45) is 5.96. The van der Waals surface area contributed by atoms with Crippen molar-refractivity contribution in [3.05, 3.63) is 23.0 Å². The molecule has 0 spiro atoms. The highest BCUT2D eigenvalue weighted by Crippen LogP contribution is 2.14. The van der Waals surface area contributed by atoms with Crippen LogP contribution in [0, 0.1) is 0 Å². The van der Waals surface area contributed by atoms with Gasteiger partial charge in [0.05, 0.1) is 0 Å². The Morgan fingerprint density at radius 3 is 3.06 bits per heavy atom. The number of nitrogen functional groups attached to an aromatic ring is 1.